The minimum absolute atomic E-state index is 0.0404. The number of carbonyl (C=O) groups is 1. The van der Waals surface area contributed by atoms with Crippen molar-refractivity contribution in [3.8, 4) is 11.5 Å². The number of Topliss-reactive ketones (excluding diaryl/α,β-unsaturated/α-hetero) is 1. The fourth-order valence-corrected chi connectivity index (χ4v) is 2.68. The Bertz CT molecular complexity index is 628. The molecule has 0 aliphatic heterocycles. The van der Waals surface area contributed by atoms with Gasteiger partial charge in [0, 0.05) is 6.54 Å². The van der Waals surface area contributed by atoms with Gasteiger partial charge in [0.05, 0.1) is 25.5 Å². The molecule has 0 unspecified atom stereocenters. The number of thioether (sulfide) groups is 1. The minimum Gasteiger partial charge on any atom is -0.497 e. The van der Waals surface area contributed by atoms with Crippen LogP contribution in [0, 0.1) is 0 Å². The Morgan fingerprint density at radius 2 is 2.14 bits per heavy atom. The van der Waals surface area contributed by atoms with Crippen LogP contribution in [0.25, 0.3) is 0 Å². The van der Waals surface area contributed by atoms with Gasteiger partial charge in [0.15, 0.2) is 10.9 Å². The highest BCUT2D eigenvalue weighted by atomic mass is 32.2. The van der Waals surface area contributed by atoms with E-state index >= 15 is 0 Å². The Balaban J connectivity index is 2.13. The van der Waals surface area contributed by atoms with Crippen LogP contribution < -0.4 is 9.47 Å². The lowest BCUT2D eigenvalue weighted by Crippen LogP contribution is -2.06. The smallest absolute Gasteiger partial charge is 0.191 e. The summed E-state index contributed by atoms with van der Waals surface area (Å²) in [6.45, 7) is 2.77. The summed E-state index contributed by atoms with van der Waals surface area (Å²) >= 11 is 1.36. The fourth-order valence-electron chi connectivity index (χ4n) is 1.81. The van der Waals surface area contributed by atoms with Crippen molar-refractivity contribution in [3.63, 3.8) is 0 Å². The summed E-state index contributed by atoms with van der Waals surface area (Å²) in [4.78, 5) is 12.4. The van der Waals surface area contributed by atoms with Gasteiger partial charge in [-0.3, -0.25) is 4.79 Å². The highest BCUT2D eigenvalue weighted by Crippen LogP contribution is 2.26. The first kappa shape index (κ1) is 15.4. The van der Waals surface area contributed by atoms with Crippen molar-refractivity contribution in [1.82, 2.24) is 14.8 Å². The van der Waals surface area contributed by atoms with E-state index in [1.54, 1.807) is 38.7 Å². The summed E-state index contributed by atoms with van der Waals surface area (Å²) in [5, 5.41) is 8.57. The van der Waals surface area contributed by atoms with Crippen LogP contribution >= 0.6 is 11.8 Å². The van der Waals surface area contributed by atoms with Crippen LogP contribution in [-0.2, 0) is 6.54 Å². The number of hydrogen-bond donors (Lipinski definition) is 0. The monoisotopic (exact) mass is 307 g/mol. The molecular weight excluding hydrogens is 290 g/mol. The van der Waals surface area contributed by atoms with Gasteiger partial charge >= 0.3 is 0 Å². The molecule has 0 radical (unpaired) electrons. The SMILES string of the molecule is CCn1cnnc1SCC(=O)c1cc(OC)ccc1OC. The molecule has 112 valence electrons. The van der Waals surface area contributed by atoms with Gasteiger partial charge in [-0.05, 0) is 25.1 Å². The molecule has 0 amide bonds. The molecule has 0 bridgehead atoms. The number of ketones is 1. The number of aromatic nitrogens is 3. The highest BCUT2D eigenvalue weighted by Gasteiger charge is 2.15. The van der Waals surface area contributed by atoms with Crippen LogP contribution in [0.1, 0.15) is 17.3 Å². The van der Waals surface area contributed by atoms with Crippen molar-refractivity contribution in [3.05, 3.63) is 30.1 Å². The lowest BCUT2D eigenvalue weighted by Gasteiger charge is -2.09. The van der Waals surface area contributed by atoms with Crippen molar-refractivity contribution in [2.45, 2.75) is 18.6 Å². The standard InChI is InChI=1S/C14H17N3O3S/c1-4-17-9-15-16-14(17)21-8-12(18)11-7-10(19-2)5-6-13(11)20-3/h5-7,9H,4,8H2,1-3H3. The molecule has 1 heterocycles. The third-order valence-electron chi connectivity index (χ3n) is 2.96. The molecule has 7 heteroatoms. The topological polar surface area (TPSA) is 66.2 Å². The van der Waals surface area contributed by atoms with Gasteiger partial charge in [-0.2, -0.15) is 0 Å². The largest absolute Gasteiger partial charge is 0.497 e. The quantitative estimate of drug-likeness (QED) is 0.577. The first-order valence-corrected chi connectivity index (χ1v) is 7.44. The van der Waals surface area contributed by atoms with Crippen LogP contribution in [0.15, 0.2) is 29.7 Å². The van der Waals surface area contributed by atoms with Crippen molar-refractivity contribution in [2.24, 2.45) is 0 Å². The number of rotatable bonds is 7. The van der Waals surface area contributed by atoms with E-state index in [-0.39, 0.29) is 11.5 Å². The maximum Gasteiger partial charge on any atom is 0.191 e. The predicted octanol–water partition coefficient (Wildman–Crippen LogP) is 2.29. The zero-order chi connectivity index (χ0) is 15.2. The number of carbonyl (C=O) groups excluding carboxylic acids is 1. The second-order valence-electron chi connectivity index (χ2n) is 4.18. The van der Waals surface area contributed by atoms with E-state index in [9.17, 15) is 4.79 Å². The van der Waals surface area contributed by atoms with E-state index in [1.807, 2.05) is 11.5 Å². The van der Waals surface area contributed by atoms with Crippen molar-refractivity contribution in [1.29, 1.82) is 0 Å². The van der Waals surface area contributed by atoms with E-state index in [4.69, 9.17) is 9.47 Å². The minimum atomic E-state index is -0.0404. The average molecular weight is 307 g/mol. The molecule has 2 aromatic rings. The van der Waals surface area contributed by atoms with Crippen LogP contribution in [0.4, 0.5) is 0 Å². The molecule has 0 saturated carbocycles. The molecule has 0 spiro atoms. The molecule has 6 nitrogen and oxygen atoms in total. The van der Waals surface area contributed by atoms with Gasteiger partial charge in [-0.15, -0.1) is 10.2 Å². The van der Waals surface area contributed by atoms with Crippen LogP contribution in [0.5, 0.6) is 11.5 Å². The summed E-state index contributed by atoms with van der Waals surface area (Å²) in [6.07, 6.45) is 1.65. The highest BCUT2D eigenvalue weighted by molar-refractivity contribution is 7.99. The molecule has 1 aromatic carbocycles. The summed E-state index contributed by atoms with van der Waals surface area (Å²) in [5.74, 6) is 1.39. The maximum absolute atomic E-state index is 12.4. The van der Waals surface area contributed by atoms with E-state index in [1.165, 1.54) is 11.8 Å². The summed E-state index contributed by atoms with van der Waals surface area (Å²) in [7, 11) is 3.11. The van der Waals surface area contributed by atoms with Gasteiger partial charge in [0.2, 0.25) is 0 Å². The van der Waals surface area contributed by atoms with E-state index in [2.05, 4.69) is 10.2 Å². The van der Waals surface area contributed by atoms with E-state index in [0.717, 1.165) is 11.7 Å². The van der Waals surface area contributed by atoms with Gasteiger partial charge in [-0.1, -0.05) is 11.8 Å². The Morgan fingerprint density at radius 1 is 1.33 bits per heavy atom. The Hall–Kier alpha value is -2.02. The van der Waals surface area contributed by atoms with Crippen molar-refractivity contribution >= 4 is 17.5 Å². The molecule has 0 saturated heterocycles. The van der Waals surface area contributed by atoms with E-state index < -0.39 is 0 Å². The summed E-state index contributed by atoms with van der Waals surface area (Å²) in [5.41, 5.74) is 0.506. The lowest BCUT2D eigenvalue weighted by atomic mass is 10.1. The van der Waals surface area contributed by atoms with Crippen LogP contribution in [0.3, 0.4) is 0 Å². The Kier molecular flexibility index (Phi) is 5.21. The van der Waals surface area contributed by atoms with Gasteiger partial charge < -0.3 is 14.0 Å². The van der Waals surface area contributed by atoms with Gasteiger partial charge in [-0.25, -0.2) is 0 Å². The van der Waals surface area contributed by atoms with E-state index in [0.29, 0.717) is 17.1 Å². The number of methoxy groups -OCH3 is 2. The first-order chi connectivity index (χ1) is 10.2. The molecular formula is C14H17N3O3S. The first-order valence-electron chi connectivity index (χ1n) is 6.45. The second-order valence-corrected chi connectivity index (χ2v) is 5.12. The fraction of sp³-hybridized carbons (Fsp3) is 0.357. The number of benzene rings is 1. The number of ether oxygens (including phenoxy) is 2. The Morgan fingerprint density at radius 3 is 2.81 bits per heavy atom. The zero-order valence-corrected chi connectivity index (χ0v) is 13.0. The number of hydrogen-bond acceptors (Lipinski definition) is 6. The Labute approximate surface area is 127 Å². The van der Waals surface area contributed by atoms with Gasteiger partial charge in [0.1, 0.15) is 17.8 Å². The molecule has 0 atom stereocenters. The van der Waals surface area contributed by atoms with Crippen LogP contribution in [-0.4, -0.2) is 40.5 Å². The maximum atomic E-state index is 12.4. The summed E-state index contributed by atoms with van der Waals surface area (Å²) < 4.78 is 12.3. The second kappa shape index (κ2) is 7.12. The normalized spacial score (nSPS) is 10.4. The summed E-state index contributed by atoms with van der Waals surface area (Å²) in [6, 6.07) is 5.17. The zero-order valence-electron chi connectivity index (χ0n) is 12.2. The van der Waals surface area contributed by atoms with Crippen molar-refractivity contribution in [2.75, 3.05) is 20.0 Å². The third kappa shape index (κ3) is 3.55. The van der Waals surface area contributed by atoms with Crippen molar-refractivity contribution < 1.29 is 14.3 Å². The molecule has 1 aromatic heterocycles. The number of aryl methyl sites for hydroxylation is 1. The number of nitrogens with zero attached hydrogens (tertiary/aromatic N) is 3. The molecule has 0 N–H and O–H groups in total. The van der Waals surface area contributed by atoms with Crippen LogP contribution in [0.2, 0.25) is 0 Å². The average Bonchev–Trinajstić information content (AvgIpc) is 2.99. The lowest BCUT2D eigenvalue weighted by molar-refractivity contribution is 0.101. The molecule has 2 rings (SSSR count). The molecule has 0 aliphatic rings. The third-order valence-corrected chi connectivity index (χ3v) is 3.94. The predicted molar refractivity (Wildman–Crippen MR) is 80.3 cm³/mol. The molecule has 0 fully saturated rings. The van der Waals surface area contributed by atoms with Gasteiger partial charge in [0.25, 0.3) is 0 Å². The molecule has 0 aliphatic carbocycles. The molecule has 21 heavy (non-hydrogen) atoms.